The molecule has 0 aromatic heterocycles. The van der Waals surface area contributed by atoms with Gasteiger partial charge in [0.15, 0.2) is 0 Å². The Kier molecular flexibility index (Phi) is 4.09. The maximum atomic E-state index is 12.1. The standard InChI is InChI=1S/C16H16O4/c1-3-16(10-13(16)14(17)19-4-2)15(18)20-11-12-8-6-5-7-9-12/h1,5-9,13H,4,10-11H2,2H3. The van der Waals surface area contributed by atoms with E-state index in [0.717, 1.165) is 5.56 Å². The van der Waals surface area contributed by atoms with E-state index in [1.54, 1.807) is 6.92 Å². The first-order valence-electron chi connectivity index (χ1n) is 6.49. The summed E-state index contributed by atoms with van der Waals surface area (Å²) in [6.45, 7) is 2.14. The van der Waals surface area contributed by atoms with Gasteiger partial charge in [0.25, 0.3) is 0 Å². The third-order valence-electron chi connectivity index (χ3n) is 3.37. The molecule has 20 heavy (non-hydrogen) atoms. The largest absolute Gasteiger partial charge is 0.466 e. The monoisotopic (exact) mass is 272 g/mol. The van der Waals surface area contributed by atoms with E-state index >= 15 is 0 Å². The molecule has 2 rings (SSSR count). The fourth-order valence-electron chi connectivity index (χ4n) is 2.09. The van der Waals surface area contributed by atoms with Crippen molar-refractivity contribution in [1.82, 2.24) is 0 Å². The molecule has 0 aliphatic heterocycles. The van der Waals surface area contributed by atoms with Crippen LogP contribution in [0.2, 0.25) is 0 Å². The minimum atomic E-state index is -1.14. The van der Waals surface area contributed by atoms with Crippen LogP contribution in [-0.4, -0.2) is 18.5 Å². The molecular formula is C16H16O4. The Bertz CT molecular complexity index is 543. The molecule has 0 saturated heterocycles. The lowest BCUT2D eigenvalue weighted by atomic mass is 10.1. The molecule has 0 heterocycles. The van der Waals surface area contributed by atoms with Gasteiger partial charge in [0.05, 0.1) is 12.5 Å². The Morgan fingerprint density at radius 3 is 2.65 bits per heavy atom. The third-order valence-corrected chi connectivity index (χ3v) is 3.37. The van der Waals surface area contributed by atoms with Crippen LogP contribution in [0.4, 0.5) is 0 Å². The molecule has 104 valence electrons. The minimum Gasteiger partial charge on any atom is -0.466 e. The van der Waals surface area contributed by atoms with Gasteiger partial charge >= 0.3 is 11.9 Å². The second-order valence-corrected chi connectivity index (χ2v) is 4.69. The molecule has 1 aliphatic carbocycles. The molecule has 0 bridgehead atoms. The molecule has 1 aromatic carbocycles. The molecule has 0 spiro atoms. The van der Waals surface area contributed by atoms with E-state index in [9.17, 15) is 9.59 Å². The van der Waals surface area contributed by atoms with Crippen LogP contribution in [0.1, 0.15) is 18.9 Å². The van der Waals surface area contributed by atoms with Crippen molar-refractivity contribution in [3.8, 4) is 12.3 Å². The van der Waals surface area contributed by atoms with Gasteiger partial charge in [-0.2, -0.15) is 0 Å². The van der Waals surface area contributed by atoms with E-state index in [1.807, 2.05) is 30.3 Å². The highest BCUT2D eigenvalue weighted by Crippen LogP contribution is 2.53. The SMILES string of the molecule is C#CC1(C(=O)OCc2ccccc2)CC1C(=O)OCC. The van der Waals surface area contributed by atoms with Crippen LogP contribution in [0.25, 0.3) is 0 Å². The predicted molar refractivity (Wildman–Crippen MR) is 72.2 cm³/mol. The van der Waals surface area contributed by atoms with Gasteiger partial charge in [-0.3, -0.25) is 9.59 Å². The summed E-state index contributed by atoms with van der Waals surface area (Å²) in [6.07, 6.45) is 5.71. The van der Waals surface area contributed by atoms with Gasteiger partial charge < -0.3 is 9.47 Å². The lowest BCUT2D eigenvalue weighted by Crippen LogP contribution is -2.23. The van der Waals surface area contributed by atoms with Crippen LogP contribution >= 0.6 is 0 Å². The zero-order valence-electron chi connectivity index (χ0n) is 11.3. The minimum absolute atomic E-state index is 0.151. The van der Waals surface area contributed by atoms with E-state index < -0.39 is 23.3 Å². The van der Waals surface area contributed by atoms with Crippen LogP contribution in [0.3, 0.4) is 0 Å². The highest BCUT2D eigenvalue weighted by Gasteiger charge is 2.65. The number of hydrogen-bond acceptors (Lipinski definition) is 4. The van der Waals surface area contributed by atoms with Crippen molar-refractivity contribution in [1.29, 1.82) is 0 Å². The number of terminal acetylenes is 1. The summed E-state index contributed by atoms with van der Waals surface area (Å²) < 4.78 is 10.1. The van der Waals surface area contributed by atoms with Crippen molar-refractivity contribution < 1.29 is 19.1 Å². The number of rotatable bonds is 5. The van der Waals surface area contributed by atoms with E-state index in [0.29, 0.717) is 6.42 Å². The van der Waals surface area contributed by atoms with Gasteiger partial charge in [-0.05, 0) is 18.9 Å². The lowest BCUT2D eigenvalue weighted by Gasteiger charge is -2.10. The quantitative estimate of drug-likeness (QED) is 0.607. The molecule has 0 radical (unpaired) electrons. The summed E-state index contributed by atoms with van der Waals surface area (Å²) in [4.78, 5) is 23.7. The topological polar surface area (TPSA) is 52.6 Å². The third kappa shape index (κ3) is 2.67. The second-order valence-electron chi connectivity index (χ2n) is 4.69. The van der Waals surface area contributed by atoms with E-state index in [1.165, 1.54) is 0 Å². The van der Waals surface area contributed by atoms with Crippen LogP contribution in [0, 0.1) is 23.7 Å². The van der Waals surface area contributed by atoms with Crippen LogP contribution in [0.5, 0.6) is 0 Å². The first-order valence-corrected chi connectivity index (χ1v) is 6.49. The highest BCUT2D eigenvalue weighted by atomic mass is 16.5. The van der Waals surface area contributed by atoms with Crippen molar-refractivity contribution in [2.75, 3.05) is 6.61 Å². The Hall–Kier alpha value is -2.28. The van der Waals surface area contributed by atoms with Crippen LogP contribution < -0.4 is 0 Å². The van der Waals surface area contributed by atoms with Gasteiger partial charge in [-0.1, -0.05) is 36.3 Å². The number of hydrogen-bond donors (Lipinski definition) is 0. The number of carbonyl (C=O) groups excluding carboxylic acids is 2. The normalized spacial score (nSPS) is 23.5. The van der Waals surface area contributed by atoms with Crippen molar-refractivity contribution in [3.63, 3.8) is 0 Å². The van der Waals surface area contributed by atoms with Gasteiger partial charge in [0.2, 0.25) is 0 Å². The molecule has 4 nitrogen and oxygen atoms in total. The summed E-state index contributed by atoms with van der Waals surface area (Å²) >= 11 is 0. The molecular weight excluding hydrogens is 256 g/mol. The van der Waals surface area contributed by atoms with E-state index in [4.69, 9.17) is 15.9 Å². The predicted octanol–water partition coefficient (Wildman–Crippen LogP) is 1.93. The maximum Gasteiger partial charge on any atom is 0.325 e. The van der Waals surface area contributed by atoms with Crippen molar-refractivity contribution in [3.05, 3.63) is 35.9 Å². The molecule has 1 aromatic rings. The first-order chi connectivity index (χ1) is 9.64. The van der Waals surface area contributed by atoms with Crippen LogP contribution in [-0.2, 0) is 25.7 Å². The summed E-state index contributed by atoms with van der Waals surface area (Å²) in [7, 11) is 0. The summed E-state index contributed by atoms with van der Waals surface area (Å²) in [5.74, 6) is 0.874. The van der Waals surface area contributed by atoms with Gasteiger partial charge in [0, 0.05) is 0 Å². The van der Waals surface area contributed by atoms with Gasteiger partial charge in [-0.25, -0.2) is 0 Å². The Labute approximate surface area is 118 Å². The van der Waals surface area contributed by atoms with Crippen LogP contribution in [0.15, 0.2) is 30.3 Å². The van der Waals surface area contributed by atoms with Crippen molar-refractivity contribution in [2.24, 2.45) is 11.3 Å². The van der Waals surface area contributed by atoms with Gasteiger partial charge in [0.1, 0.15) is 12.0 Å². The van der Waals surface area contributed by atoms with Crippen molar-refractivity contribution in [2.45, 2.75) is 20.0 Å². The van der Waals surface area contributed by atoms with E-state index in [-0.39, 0.29) is 13.2 Å². The molecule has 1 fully saturated rings. The van der Waals surface area contributed by atoms with Gasteiger partial charge in [-0.15, -0.1) is 6.42 Å². The highest BCUT2D eigenvalue weighted by molar-refractivity contribution is 5.94. The first kappa shape index (κ1) is 14.1. The zero-order chi connectivity index (χ0) is 14.6. The number of carbonyl (C=O) groups is 2. The average Bonchev–Trinajstić information content (AvgIpc) is 3.22. The zero-order valence-corrected chi connectivity index (χ0v) is 11.3. The number of esters is 2. The molecule has 2 atom stereocenters. The Morgan fingerprint density at radius 2 is 2.05 bits per heavy atom. The lowest BCUT2D eigenvalue weighted by molar-refractivity contribution is -0.154. The Morgan fingerprint density at radius 1 is 1.35 bits per heavy atom. The molecule has 4 heteroatoms. The molecule has 0 N–H and O–H groups in total. The Balaban J connectivity index is 1.95. The molecule has 1 saturated carbocycles. The summed E-state index contributed by atoms with van der Waals surface area (Å²) in [5.41, 5.74) is -0.262. The second kappa shape index (κ2) is 5.79. The average molecular weight is 272 g/mol. The molecule has 0 amide bonds. The molecule has 1 aliphatic rings. The smallest absolute Gasteiger partial charge is 0.325 e. The fourth-order valence-corrected chi connectivity index (χ4v) is 2.09. The maximum absolute atomic E-state index is 12.1. The van der Waals surface area contributed by atoms with Crippen molar-refractivity contribution >= 4 is 11.9 Å². The fraction of sp³-hybridized carbons (Fsp3) is 0.375. The summed E-state index contributed by atoms with van der Waals surface area (Å²) in [6, 6.07) is 9.31. The number of benzene rings is 1. The van der Waals surface area contributed by atoms with E-state index in [2.05, 4.69) is 5.92 Å². The molecule has 2 unspecified atom stereocenters. The number of ether oxygens (including phenoxy) is 2. The summed E-state index contributed by atoms with van der Waals surface area (Å²) in [5, 5.41) is 0.